The van der Waals surface area contributed by atoms with Crippen molar-refractivity contribution in [1.82, 2.24) is 19.7 Å². The van der Waals surface area contributed by atoms with Crippen molar-refractivity contribution in [2.45, 2.75) is 19.9 Å². The number of carbonyl (C=O) groups is 1. The smallest absolute Gasteiger partial charge is 0.248 e. The second-order valence-corrected chi connectivity index (χ2v) is 6.38. The Bertz CT molecular complexity index is 1040. The number of rotatable bonds is 5. The standard InChI is InChI=1S/C20H20N6O2/c1-3-28-15-8-6-13(7-9-15)17-16(18(21)27)12(2)23-20-24-19(25-26(17)20)14-5-4-10-22-11-14/h4-11,17H,3H2,1-2H3,(H2,21,27)(H,23,24,25). The fraction of sp³-hybridized carbons (Fsp3) is 0.200. The van der Waals surface area contributed by atoms with Crippen molar-refractivity contribution < 1.29 is 9.53 Å². The zero-order valence-electron chi connectivity index (χ0n) is 15.6. The Hall–Kier alpha value is -3.68. The molecule has 4 rings (SSSR count). The van der Waals surface area contributed by atoms with Gasteiger partial charge in [-0.3, -0.25) is 9.78 Å². The van der Waals surface area contributed by atoms with Gasteiger partial charge < -0.3 is 15.8 Å². The minimum Gasteiger partial charge on any atom is -0.494 e. The number of ether oxygens (including phenoxy) is 1. The lowest BCUT2D eigenvalue weighted by molar-refractivity contribution is -0.115. The molecule has 0 saturated heterocycles. The van der Waals surface area contributed by atoms with E-state index in [1.807, 2.05) is 50.2 Å². The summed E-state index contributed by atoms with van der Waals surface area (Å²) in [6.45, 7) is 4.32. The molecule has 1 aliphatic rings. The molecule has 0 radical (unpaired) electrons. The molecule has 0 fully saturated rings. The molecule has 3 N–H and O–H groups in total. The van der Waals surface area contributed by atoms with E-state index < -0.39 is 11.9 Å². The first kappa shape index (κ1) is 17.7. The van der Waals surface area contributed by atoms with Gasteiger partial charge in [0.15, 0.2) is 5.82 Å². The largest absolute Gasteiger partial charge is 0.494 e. The minimum atomic E-state index is -0.507. The van der Waals surface area contributed by atoms with Crippen molar-refractivity contribution in [3.63, 3.8) is 0 Å². The fourth-order valence-electron chi connectivity index (χ4n) is 3.31. The second kappa shape index (κ2) is 7.15. The third kappa shape index (κ3) is 3.09. The van der Waals surface area contributed by atoms with Gasteiger partial charge in [0.2, 0.25) is 11.9 Å². The van der Waals surface area contributed by atoms with Crippen LogP contribution in [-0.2, 0) is 4.79 Å². The van der Waals surface area contributed by atoms with Gasteiger partial charge in [-0.1, -0.05) is 12.1 Å². The summed E-state index contributed by atoms with van der Waals surface area (Å²) in [5.41, 5.74) is 8.46. The van der Waals surface area contributed by atoms with Crippen LogP contribution in [0, 0.1) is 0 Å². The SMILES string of the molecule is CCOc1ccc(C2C(C(N)=O)=C(C)Nc3nc(-c4cccnc4)nn32)cc1. The summed E-state index contributed by atoms with van der Waals surface area (Å²) in [7, 11) is 0. The molecule has 3 heterocycles. The Labute approximate surface area is 162 Å². The lowest BCUT2D eigenvalue weighted by Crippen LogP contribution is -2.31. The van der Waals surface area contributed by atoms with Gasteiger partial charge in [-0.25, -0.2) is 4.68 Å². The Morgan fingerprint density at radius 3 is 2.71 bits per heavy atom. The number of hydrogen-bond acceptors (Lipinski definition) is 6. The summed E-state index contributed by atoms with van der Waals surface area (Å²) in [4.78, 5) is 20.9. The molecule has 1 aliphatic heterocycles. The van der Waals surface area contributed by atoms with Gasteiger partial charge >= 0.3 is 0 Å². The third-order valence-corrected chi connectivity index (χ3v) is 4.54. The van der Waals surface area contributed by atoms with E-state index in [4.69, 9.17) is 10.5 Å². The number of benzene rings is 1. The number of allylic oxidation sites excluding steroid dienone is 1. The molecule has 0 bridgehead atoms. The van der Waals surface area contributed by atoms with Gasteiger partial charge in [0, 0.05) is 23.7 Å². The number of nitrogens with zero attached hydrogens (tertiary/aromatic N) is 4. The van der Waals surface area contributed by atoms with E-state index in [0.717, 1.165) is 16.9 Å². The molecule has 142 valence electrons. The first-order valence-corrected chi connectivity index (χ1v) is 8.95. The fourth-order valence-corrected chi connectivity index (χ4v) is 3.31. The van der Waals surface area contributed by atoms with Crippen molar-refractivity contribution in [3.05, 3.63) is 65.6 Å². The summed E-state index contributed by atoms with van der Waals surface area (Å²) < 4.78 is 7.20. The number of hydrogen-bond donors (Lipinski definition) is 2. The maximum absolute atomic E-state index is 12.2. The van der Waals surface area contributed by atoms with Crippen molar-refractivity contribution in [3.8, 4) is 17.1 Å². The molecule has 3 aromatic rings. The molecule has 1 aromatic carbocycles. The van der Waals surface area contributed by atoms with Crippen LogP contribution in [0.25, 0.3) is 11.4 Å². The van der Waals surface area contributed by atoms with Crippen molar-refractivity contribution in [2.75, 3.05) is 11.9 Å². The molecule has 0 saturated carbocycles. The van der Waals surface area contributed by atoms with E-state index in [-0.39, 0.29) is 0 Å². The third-order valence-electron chi connectivity index (χ3n) is 4.54. The molecule has 1 atom stereocenters. The zero-order chi connectivity index (χ0) is 19.7. The van der Waals surface area contributed by atoms with Gasteiger partial charge in [0.1, 0.15) is 11.8 Å². The minimum absolute atomic E-state index is 0.444. The number of aromatic nitrogens is 4. The van der Waals surface area contributed by atoms with Crippen LogP contribution in [0.1, 0.15) is 25.5 Å². The first-order valence-electron chi connectivity index (χ1n) is 8.95. The Kier molecular flexibility index (Phi) is 4.52. The van der Waals surface area contributed by atoms with Crippen LogP contribution < -0.4 is 15.8 Å². The van der Waals surface area contributed by atoms with E-state index in [1.54, 1.807) is 17.1 Å². The molecule has 28 heavy (non-hydrogen) atoms. The number of carbonyl (C=O) groups excluding carboxylic acids is 1. The van der Waals surface area contributed by atoms with Crippen LogP contribution in [0.15, 0.2) is 60.1 Å². The average molecular weight is 376 g/mol. The van der Waals surface area contributed by atoms with Crippen LogP contribution in [0.5, 0.6) is 5.75 Å². The molecule has 0 aliphatic carbocycles. The van der Waals surface area contributed by atoms with Crippen LogP contribution in [-0.4, -0.2) is 32.3 Å². The molecular weight excluding hydrogens is 356 g/mol. The van der Waals surface area contributed by atoms with Gasteiger partial charge in [-0.05, 0) is 43.7 Å². The monoisotopic (exact) mass is 376 g/mol. The zero-order valence-corrected chi connectivity index (χ0v) is 15.6. The van der Waals surface area contributed by atoms with Gasteiger partial charge in [0.25, 0.3) is 0 Å². The Morgan fingerprint density at radius 2 is 2.07 bits per heavy atom. The highest BCUT2D eigenvalue weighted by molar-refractivity contribution is 5.95. The molecule has 8 nitrogen and oxygen atoms in total. The maximum atomic E-state index is 12.2. The number of pyridine rings is 1. The second-order valence-electron chi connectivity index (χ2n) is 6.38. The molecular formula is C20H20N6O2. The highest BCUT2D eigenvalue weighted by Crippen LogP contribution is 2.36. The highest BCUT2D eigenvalue weighted by Gasteiger charge is 2.33. The average Bonchev–Trinajstić information content (AvgIpc) is 3.12. The number of amides is 1. The van der Waals surface area contributed by atoms with E-state index in [0.29, 0.717) is 29.6 Å². The normalized spacial score (nSPS) is 15.7. The molecule has 1 unspecified atom stereocenters. The van der Waals surface area contributed by atoms with Crippen LogP contribution in [0.2, 0.25) is 0 Å². The number of nitrogens with two attached hydrogens (primary N) is 1. The topological polar surface area (TPSA) is 108 Å². The number of nitrogens with one attached hydrogen (secondary N) is 1. The van der Waals surface area contributed by atoms with E-state index >= 15 is 0 Å². The van der Waals surface area contributed by atoms with Crippen LogP contribution >= 0.6 is 0 Å². The quantitative estimate of drug-likeness (QED) is 0.708. The first-order chi connectivity index (χ1) is 13.6. The van der Waals surface area contributed by atoms with Crippen molar-refractivity contribution in [1.29, 1.82) is 0 Å². The summed E-state index contributed by atoms with van der Waals surface area (Å²) >= 11 is 0. The van der Waals surface area contributed by atoms with E-state index in [1.165, 1.54) is 0 Å². The lowest BCUT2D eigenvalue weighted by atomic mass is 9.95. The maximum Gasteiger partial charge on any atom is 0.248 e. The Balaban J connectivity index is 1.82. The van der Waals surface area contributed by atoms with E-state index in [9.17, 15) is 4.79 Å². The predicted molar refractivity (Wildman–Crippen MR) is 105 cm³/mol. The predicted octanol–water partition coefficient (Wildman–Crippen LogP) is 2.51. The number of primary amides is 1. The van der Waals surface area contributed by atoms with Crippen molar-refractivity contribution >= 4 is 11.9 Å². The Morgan fingerprint density at radius 1 is 1.29 bits per heavy atom. The molecule has 2 aromatic heterocycles. The van der Waals surface area contributed by atoms with Gasteiger partial charge in [0.05, 0.1) is 12.2 Å². The van der Waals surface area contributed by atoms with Crippen LogP contribution in [0.4, 0.5) is 5.95 Å². The van der Waals surface area contributed by atoms with Crippen molar-refractivity contribution in [2.24, 2.45) is 5.73 Å². The highest BCUT2D eigenvalue weighted by atomic mass is 16.5. The molecule has 1 amide bonds. The summed E-state index contributed by atoms with van der Waals surface area (Å²) in [5.74, 6) is 1.31. The van der Waals surface area contributed by atoms with Gasteiger partial charge in [-0.2, -0.15) is 4.98 Å². The van der Waals surface area contributed by atoms with Gasteiger partial charge in [-0.15, -0.1) is 5.10 Å². The summed E-state index contributed by atoms with van der Waals surface area (Å²) in [6.07, 6.45) is 3.39. The van der Waals surface area contributed by atoms with E-state index in [2.05, 4.69) is 20.4 Å². The summed E-state index contributed by atoms with van der Waals surface area (Å²) in [6, 6.07) is 10.8. The number of anilines is 1. The lowest BCUT2D eigenvalue weighted by Gasteiger charge is -2.27. The molecule has 8 heteroatoms. The van der Waals surface area contributed by atoms with Crippen LogP contribution in [0.3, 0.4) is 0 Å². The summed E-state index contributed by atoms with van der Waals surface area (Å²) in [5, 5.41) is 7.77. The molecule has 0 spiro atoms. The number of fused-ring (bicyclic) bond motifs is 1.